The fourth-order valence-electron chi connectivity index (χ4n) is 7.44. The lowest BCUT2D eigenvalue weighted by molar-refractivity contribution is -0.120. The number of amides is 1. The van der Waals surface area contributed by atoms with Crippen molar-refractivity contribution < 1.29 is 24.1 Å². The number of likely N-dealkylation sites (N-methyl/N-ethyl adjacent to an activating group) is 2. The fourth-order valence-corrected chi connectivity index (χ4v) is 7.44. The number of aliphatic hydroxyl groups is 1. The van der Waals surface area contributed by atoms with Gasteiger partial charge >= 0.3 is 0 Å². The highest BCUT2D eigenvalue weighted by atomic mass is 16.5. The van der Waals surface area contributed by atoms with Crippen LogP contribution >= 0.6 is 0 Å². The Morgan fingerprint density at radius 1 is 0.774 bits per heavy atom. The van der Waals surface area contributed by atoms with E-state index in [-0.39, 0.29) is 23.3 Å². The minimum atomic E-state index is -1.26. The Morgan fingerprint density at radius 3 is 1.91 bits per heavy atom. The third kappa shape index (κ3) is 9.09. The van der Waals surface area contributed by atoms with Gasteiger partial charge in [-0.3, -0.25) is 14.6 Å². The van der Waals surface area contributed by atoms with Crippen molar-refractivity contribution in [3.8, 4) is 11.5 Å². The molecule has 9 heteroatoms. The number of carbonyl (C=O) groups excluding carboxylic acids is 1. The highest BCUT2D eigenvalue weighted by Crippen LogP contribution is 2.55. The molecule has 0 aliphatic carbocycles. The summed E-state index contributed by atoms with van der Waals surface area (Å²) in [6.07, 6.45) is 0. The van der Waals surface area contributed by atoms with Crippen molar-refractivity contribution >= 4 is 11.6 Å². The van der Waals surface area contributed by atoms with E-state index in [1.807, 2.05) is 31.1 Å². The first-order chi connectivity index (χ1) is 25.2. The molecule has 0 radical (unpaired) electrons. The van der Waals surface area contributed by atoms with E-state index in [0.717, 1.165) is 72.9 Å². The number of fused-ring (bicyclic) bond motifs is 1. The summed E-state index contributed by atoms with van der Waals surface area (Å²) in [5, 5.41) is 9.66. The number of benzene rings is 3. The minimum absolute atomic E-state index is 0.00369. The second kappa shape index (κ2) is 17.3. The molecule has 1 unspecified atom stereocenters. The summed E-state index contributed by atoms with van der Waals surface area (Å²) in [7, 11) is 4.09. The number of hydrogen-bond acceptors (Lipinski definition) is 8. The fraction of sp³-hybridized carbons (Fsp3) is 0.568. The van der Waals surface area contributed by atoms with Crippen molar-refractivity contribution in [3.63, 3.8) is 0 Å². The maximum absolute atomic E-state index is 15.9. The van der Waals surface area contributed by atoms with E-state index in [1.165, 1.54) is 0 Å². The number of para-hydroxylation sites is 1. The van der Waals surface area contributed by atoms with E-state index in [4.69, 9.17) is 14.2 Å². The lowest BCUT2D eigenvalue weighted by atomic mass is 9.67. The number of nitrogens with zero attached hydrogens (tertiary/aromatic N) is 4. The number of anilines is 1. The molecular weight excluding hydrogens is 665 g/mol. The molecule has 290 valence electrons. The zero-order valence-corrected chi connectivity index (χ0v) is 33.8. The van der Waals surface area contributed by atoms with Gasteiger partial charge in [-0.1, -0.05) is 78.8 Å². The first-order valence-corrected chi connectivity index (χ1v) is 19.5. The van der Waals surface area contributed by atoms with Crippen LogP contribution in [0.25, 0.3) is 0 Å². The molecule has 0 spiro atoms. The average Bonchev–Trinajstić information content (AvgIpc) is 3.37. The molecule has 1 fully saturated rings. The Hall–Kier alpha value is -3.47. The van der Waals surface area contributed by atoms with Gasteiger partial charge in [0.2, 0.25) is 5.91 Å². The summed E-state index contributed by atoms with van der Waals surface area (Å²) < 4.78 is 19.2. The van der Waals surface area contributed by atoms with Gasteiger partial charge in [0.15, 0.2) is 0 Å². The van der Waals surface area contributed by atoms with Gasteiger partial charge in [0.05, 0.1) is 19.8 Å². The van der Waals surface area contributed by atoms with E-state index in [1.54, 1.807) is 0 Å². The molecule has 2 aliphatic heterocycles. The number of rotatable bonds is 16. The maximum Gasteiger partial charge on any atom is 0.247 e. The van der Waals surface area contributed by atoms with Crippen LogP contribution in [0.2, 0.25) is 0 Å². The maximum atomic E-state index is 15.9. The predicted octanol–water partition coefficient (Wildman–Crippen LogP) is 5.93. The number of aliphatic hydroxyl groups excluding tert-OH is 1. The summed E-state index contributed by atoms with van der Waals surface area (Å²) in [4.78, 5) is 24.5. The lowest BCUT2D eigenvalue weighted by Crippen LogP contribution is -2.45. The van der Waals surface area contributed by atoms with Crippen LogP contribution in [0.15, 0.2) is 60.7 Å². The third-order valence-electron chi connectivity index (χ3n) is 10.7. The van der Waals surface area contributed by atoms with Crippen LogP contribution in [-0.2, 0) is 25.8 Å². The van der Waals surface area contributed by atoms with Gasteiger partial charge in [0, 0.05) is 68.2 Å². The predicted molar refractivity (Wildman–Crippen MR) is 215 cm³/mol. The van der Waals surface area contributed by atoms with Crippen molar-refractivity contribution in [2.45, 2.75) is 64.7 Å². The summed E-state index contributed by atoms with van der Waals surface area (Å²) in [6, 6.07) is 21.1. The molecule has 2 heterocycles. The summed E-state index contributed by atoms with van der Waals surface area (Å²) in [6.45, 7) is 23.6. The van der Waals surface area contributed by atoms with E-state index in [0.29, 0.717) is 50.9 Å². The molecule has 3 aromatic carbocycles. The van der Waals surface area contributed by atoms with Gasteiger partial charge in [-0.15, -0.1) is 0 Å². The van der Waals surface area contributed by atoms with E-state index in [2.05, 4.69) is 112 Å². The van der Waals surface area contributed by atoms with Gasteiger partial charge in [-0.25, -0.2) is 0 Å². The lowest BCUT2D eigenvalue weighted by Gasteiger charge is -2.36. The van der Waals surface area contributed by atoms with Crippen LogP contribution in [0.1, 0.15) is 76.3 Å². The molecule has 2 aliphatic rings. The third-order valence-corrected chi connectivity index (χ3v) is 10.7. The summed E-state index contributed by atoms with van der Waals surface area (Å²) in [5.41, 5.74) is 4.11. The minimum Gasteiger partial charge on any atom is -0.492 e. The first-order valence-electron chi connectivity index (χ1n) is 19.5. The van der Waals surface area contributed by atoms with Crippen molar-refractivity contribution in [2.75, 3.05) is 104 Å². The van der Waals surface area contributed by atoms with Gasteiger partial charge in [0.1, 0.15) is 30.1 Å². The standard InChI is InChI=1S/C44H64N4O5/c1-10-46(21-26-49)24-29-52-39-17-15-33(42(2,3)4)31-36(39)44(35-13-11-12-14-38(35)48(41(44)50)20-19-45(8)9)37-32-34(43(5,6)7)16-18-40(37)53-30-25-47-22-27-51-28-23-47/h11-18,31-32,49H,10,19-30H2,1-9H3. The molecule has 1 amide bonds. The summed E-state index contributed by atoms with van der Waals surface area (Å²) >= 11 is 0. The van der Waals surface area contributed by atoms with Crippen LogP contribution in [-0.4, -0.2) is 125 Å². The van der Waals surface area contributed by atoms with Crippen molar-refractivity contribution in [3.05, 3.63) is 88.5 Å². The molecule has 1 atom stereocenters. The van der Waals surface area contributed by atoms with Crippen LogP contribution in [0.3, 0.4) is 0 Å². The van der Waals surface area contributed by atoms with Gasteiger partial charge in [-0.05, 0) is 72.9 Å². The normalized spacial score (nSPS) is 18.3. The van der Waals surface area contributed by atoms with Gasteiger partial charge < -0.3 is 29.1 Å². The van der Waals surface area contributed by atoms with Crippen LogP contribution in [0, 0.1) is 0 Å². The molecule has 53 heavy (non-hydrogen) atoms. The van der Waals surface area contributed by atoms with E-state index >= 15 is 4.79 Å². The zero-order valence-electron chi connectivity index (χ0n) is 33.8. The quantitative estimate of drug-likeness (QED) is 0.195. The van der Waals surface area contributed by atoms with Gasteiger partial charge in [0.25, 0.3) is 0 Å². The molecular formula is C44H64N4O5. The second-order valence-corrected chi connectivity index (χ2v) is 16.8. The second-order valence-electron chi connectivity index (χ2n) is 16.8. The topological polar surface area (TPSA) is 77.9 Å². The number of morpholine rings is 1. The molecule has 0 aromatic heterocycles. The Balaban J connectivity index is 1.78. The summed E-state index contributed by atoms with van der Waals surface area (Å²) in [5.74, 6) is 1.38. The van der Waals surface area contributed by atoms with Crippen LogP contribution in [0.4, 0.5) is 5.69 Å². The molecule has 0 bridgehead atoms. The van der Waals surface area contributed by atoms with E-state index < -0.39 is 5.41 Å². The monoisotopic (exact) mass is 728 g/mol. The van der Waals surface area contributed by atoms with Gasteiger partial charge in [-0.2, -0.15) is 0 Å². The van der Waals surface area contributed by atoms with Crippen molar-refractivity contribution in [1.82, 2.24) is 14.7 Å². The average molecular weight is 729 g/mol. The largest absolute Gasteiger partial charge is 0.492 e. The van der Waals surface area contributed by atoms with Crippen LogP contribution < -0.4 is 14.4 Å². The highest BCUT2D eigenvalue weighted by molar-refractivity contribution is 6.13. The smallest absolute Gasteiger partial charge is 0.247 e. The molecule has 1 saturated heterocycles. The molecule has 5 rings (SSSR count). The Labute approximate surface area is 318 Å². The van der Waals surface area contributed by atoms with E-state index in [9.17, 15) is 5.11 Å². The SMILES string of the molecule is CCN(CCO)CCOc1ccc(C(C)(C)C)cc1C1(c2cc(C(C)(C)C)ccc2OCCN2CCOCC2)C(=O)N(CCN(C)C)c2ccccc21. The van der Waals surface area contributed by atoms with Crippen LogP contribution in [0.5, 0.6) is 11.5 Å². The number of ether oxygens (including phenoxy) is 3. The first kappa shape index (κ1) is 40.7. The highest BCUT2D eigenvalue weighted by Gasteiger charge is 2.56. The Morgan fingerprint density at radius 2 is 1.36 bits per heavy atom. The molecule has 3 aromatic rings. The Bertz CT molecular complexity index is 1600. The number of hydrogen-bond donors (Lipinski definition) is 1. The molecule has 1 N–H and O–H groups in total. The zero-order chi connectivity index (χ0) is 38.4. The molecule has 0 saturated carbocycles. The van der Waals surface area contributed by atoms with Crippen molar-refractivity contribution in [2.24, 2.45) is 0 Å². The van der Waals surface area contributed by atoms with Crippen molar-refractivity contribution in [1.29, 1.82) is 0 Å². The molecule has 9 nitrogen and oxygen atoms in total. The Kier molecular flexibility index (Phi) is 13.3. The number of carbonyl (C=O) groups is 1.